The number of hydrogen-bond acceptors (Lipinski definition) is 0. The molecule has 3 aromatic carbocycles. The molecule has 0 N–H and O–H groups in total. The Morgan fingerprint density at radius 1 is 0.852 bits per heavy atom. The van der Waals surface area contributed by atoms with E-state index in [2.05, 4.69) is 98.6 Å². The first-order chi connectivity index (χ1) is 13.0. The zero-order chi connectivity index (χ0) is 18.8. The fourth-order valence-electron chi connectivity index (χ4n) is 4.80. The predicted octanol–water partition coefficient (Wildman–Crippen LogP) is 6.89. The van der Waals surface area contributed by atoms with Gasteiger partial charge in [-0.2, -0.15) is 0 Å². The van der Waals surface area contributed by atoms with Gasteiger partial charge in [0.15, 0.2) is 0 Å². The molecular weight excluding hydrogens is 326 g/mol. The second kappa shape index (κ2) is 5.47. The van der Waals surface area contributed by atoms with Crippen molar-refractivity contribution < 1.29 is 0 Å². The Morgan fingerprint density at radius 2 is 1.56 bits per heavy atom. The van der Waals surface area contributed by atoms with Crippen LogP contribution in [0.4, 0.5) is 0 Å². The molecule has 132 valence electrons. The Bertz CT molecular complexity index is 1210. The molecule has 4 aromatic rings. The molecule has 0 bridgehead atoms. The van der Waals surface area contributed by atoms with Crippen molar-refractivity contribution in [2.45, 2.75) is 26.2 Å². The second-order valence-corrected chi connectivity index (χ2v) is 7.96. The summed E-state index contributed by atoms with van der Waals surface area (Å²) in [6.07, 6.45) is 2.00. The molecular formula is C26H23N. The highest BCUT2D eigenvalue weighted by atomic mass is 15.0. The van der Waals surface area contributed by atoms with E-state index in [9.17, 15) is 0 Å². The number of fused-ring (bicyclic) bond motifs is 4. The van der Waals surface area contributed by atoms with Gasteiger partial charge in [-0.05, 0) is 53.4 Å². The van der Waals surface area contributed by atoms with Gasteiger partial charge in [-0.15, -0.1) is 0 Å². The van der Waals surface area contributed by atoms with Crippen molar-refractivity contribution in [2.75, 3.05) is 0 Å². The lowest BCUT2D eigenvalue weighted by Crippen LogP contribution is -2.15. The summed E-state index contributed by atoms with van der Waals surface area (Å²) in [6.45, 7) is 11.0. The van der Waals surface area contributed by atoms with Gasteiger partial charge in [0.2, 0.25) is 0 Å². The van der Waals surface area contributed by atoms with E-state index in [1.54, 1.807) is 0 Å². The van der Waals surface area contributed by atoms with Crippen LogP contribution in [0.3, 0.4) is 0 Å². The van der Waals surface area contributed by atoms with Gasteiger partial charge >= 0.3 is 0 Å². The monoisotopic (exact) mass is 349 g/mol. The number of nitrogens with zero attached hydrogens (tertiary/aromatic N) is 1. The van der Waals surface area contributed by atoms with Crippen LogP contribution in [0.1, 0.15) is 36.2 Å². The van der Waals surface area contributed by atoms with Crippen LogP contribution in [0.15, 0.2) is 73.3 Å². The lowest BCUT2D eigenvalue weighted by atomic mass is 9.82. The summed E-state index contributed by atoms with van der Waals surface area (Å²) in [5.74, 6) is 0. The lowest BCUT2D eigenvalue weighted by molar-refractivity contribution is 0.661. The van der Waals surface area contributed by atoms with E-state index < -0.39 is 0 Å². The Hall–Kier alpha value is -3.06. The van der Waals surface area contributed by atoms with Crippen molar-refractivity contribution >= 4 is 17.0 Å². The lowest BCUT2D eigenvalue weighted by Gasteiger charge is -2.21. The van der Waals surface area contributed by atoms with E-state index in [-0.39, 0.29) is 5.41 Å². The van der Waals surface area contributed by atoms with Gasteiger partial charge in [-0.3, -0.25) is 0 Å². The summed E-state index contributed by atoms with van der Waals surface area (Å²) >= 11 is 0. The first-order valence-corrected chi connectivity index (χ1v) is 9.51. The zero-order valence-corrected chi connectivity index (χ0v) is 16.1. The average Bonchev–Trinajstić information content (AvgIpc) is 3.09. The average molecular weight is 349 g/mol. The van der Waals surface area contributed by atoms with Crippen LogP contribution in [0, 0.1) is 6.92 Å². The third-order valence-electron chi connectivity index (χ3n) is 6.17. The van der Waals surface area contributed by atoms with E-state index >= 15 is 0 Å². The first-order valence-electron chi connectivity index (χ1n) is 9.51. The molecule has 1 aliphatic rings. The first kappa shape index (κ1) is 16.1. The summed E-state index contributed by atoms with van der Waals surface area (Å²) in [6, 6.07) is 24.2. The molecule has 0 radical (unpaired) electrons. The molecule has 0 saturated carbocycles. The van der Waals surface area contributed by atoms with Crippen LogP contribution in [0.5, 0.6) is 0 Å². The molecule has 1 aliphatic carbocycles. The van der Waals surface area contributed by atoms with Crippen molar-refractivity contribution in [3.8, 4) is 16.8 Å². The minimum atomic E-state index is 0.00809. The quantitative estimate of drug-likeness (QED) is 0.371. The molecule has 0 saturated heterocycles. The molecule has 1 heteroatoms. The van der Waals surface area contributed by atoms with E-state index in [0.717, 1.165) is 0 Å². The summed E-state index contributed by atoms with van der Waals surface area (Å²) in [4.78, 5) is 0. The molecule has 1 nitrogen and oxygen atoms in total. The second-order valence-electron chi connectivity index (χ2n) is 7.96. The summed E-state index contributed by atoms with van der Waals surface area (Å²) < 4.78 is 2.37. The van der Waals surface area contributed by atoms with Crippen LogP contribution in [0.2, 0.25) is 0 Å². The van der Waals surface area contributed by atoms with Crippen molar-refractivity contribution in [1.82, 2.24) is 4.57 Å². The summed E-state index contributed by atoms with van der Waals surface area (Å²) in [5, 5.41) is 1.28. The minimum Gasteiger partial charge on any atom is -0.313 e. The normalized spacial score (nSPS) is 14.2. The van der Waals surface area contributed by atoms with Gasteiger partial charge in [0.25, 0.3) is 0 Å². The number of para-hydroxylation sites is 1. The van der Waals surface area contributed by atoms with Gasteiger partial charge < -0.3 is 4.57 Å². The highest BCUT2D eigenvalue weighted by molar-refractivity contribution is 5.98. The number of benzene rings is 3. The minimum absolute atomic E-state index is 0.00809. The van der Waals surface area contributed by atoms with E-state index in [4.69, 9.17) is 0 Å². The maximum absolute atomic E-state index is 4.10. The molecule has 1 heterocycles. The van der Waals surface area contributed by atoms with Crippen molar-refractivity contribution in [3.05, 3.63) is 95.7 Å². The Labute approximate surface area is 160 Å². The highest BCUT2D eigenvalue weighted by Gasteiger charge is 2.36. The topological polar surface area (TPSA) is 4.93 Å². The smallest absolute Gasteiger partial charge is 0.0541 e. The van der Waals surface area contributed by atoms with Crippen LogP contribution in [-0.4, -0.2) is 4.57 Å². The summed E-state index contributed by atoms with van der Waals surface area (Å²) in [7, 11) is 0. The van der Waals surface area contributed by atoms with E-state index in [1.165, 1.54) is 50.1 Å². The number of aromatic nitrogens is 1. The molecule has 0 atom stereocenters. The van der Waals surface area contributed by atoms with E-state index in [0.29, 0.717) is 0 Å². The SMILES string of the molecule is C=Cc1c(C)n(-c2ccccc2)c2cc3c(cc12)-c1ccccc1C3(C)C. The standard InChI is InChI=1S/C26H23N/c1-5-19-17(2)27(18-11-7-6-8-12-18)25-16-24-21(15-22(19)25)20-13-9-10-14-23(20)26(24,3)4/h5-16H,1H2,2-4H3. The van der Waals surface area contributed by atoms with Crippen molar-refractivity contribution in [3.63, 3.8) is 0 Å². The van der Waals surface area contributed by atoms with Crippen LogP contribution < -0.4 is 0 Å². The molecule has 0 aliphatic heterocycles. The number of hydrogen-bond donors (Lipinski definition) is 0. The molecule has 0 unspecified atom stereocenters. The molecule has 0 fully saturated rings. The highest BCUT2D eigenvalue weighted by Crippen LogP contribution is 2.50. The molecule has 0 spiro atoms. The van der Waals surface area contributed by atoms with Crippen LogP contribution >= 0.6 is 0 Å². The van der Waals surface area contributed by atoms with Gasteiger partial charge in [-0.25, -0.2) is 0 Å². The molecule has 27 heavy (non-hydrogen) atoms. The van der Waals surface area contributed by atoms with E-state index in [1.807, 2.05) is 6.08 Å². The maximum atomic E-state index is 4.10. The van der Waals surface area contributed by atoms with Gasteiger partial charge in [0, 0.05) is 27.7 Å². The Morgan fingerprint density at radius 3 is 2.30 bits per heavy atom. The van der Waals surface area contributed by atoms with Crippen LogP contribution in [-0.2, 0) is 5.41 Å². The Balaban J connectivity index is 1.92. The fourth-order valence-corrected chi connectivity index (χ4v) is 4.80. The third kappa shape index (κ3) is 2.06. The van der Waals surface area contributed by atoms with Gasteiger partial charge in [0.05, 0.1) is 5.52 Å². The maximum Gasteiger partial charge on any atom is 0.0541 e. The zero-order valence-electron chi connectivity index (χ0n) is 16.1. The predicted molar refractivity (Wildman–Crippen MR) is 116 cm³/mol. The van der Waals surface area contributed by atoms with Crippen LogP contribution in [0.25, 0.3) is 33.8 Å². The number of rotatable bonds is 2. The van der Waals surface area contributed by atoms with Gasteiger partial charge in [-0.1, -0.05) is 69.0 Å². The largest absolute Gasteiger partial charge is 0.313 e. The van der Waals surface area contributed by atoms with Gasteiger partial charge in [0.1, 0.15) is 0 Å². The molecule has 1 aromatic heterocycles. The third-order valence-corrected chi connectivity index (χ3v) is 6.17. The van der Waals surface area contributed by atoms with Crippen molar-refractivity contribution in [1.29, 1.82) is 0 Å². The Kier molecular flexibility index (Phi) is 3.27. The fraction of sp³-hybridized carbons (Fsp3) is 0.154. The molecule has 0 amide bonds. The van der Waals surface area contributed by atoms with Crippen molar-refractivity contribution in [2.24, 2.45) is 0 Å². The molecule has 5 rings (SSSR count). The summed E-state index contributed by atoms with van der Waals surface area (Å²) in [5.41, 5.74) is 10.5.